The number of aliphatic hydroxyl groups is 1. The van der Waals surface area contributed by atoms with E-state index in [1.165, 1.54) is 6.07 Å². The van der Waals surface area contributed by atoms with Crippen molar-refractivity contribution in [1.29, 1.82) is 0 Å². The second-order valence-electron chi connectivity index (χ2n) is 9.47. The predicted molar refractivity (Wildman–Crippen MR) is 124 cm³/mol. The van der Waals surface area contributed by atoms with Gasteiger partial charge in [-0.2, -0.15) is 0 Å². The molecular formula is C26H30FN3O3. The van der Waals surface area contributed by atoms with Crippen LogP contribution < -0.4 is 10.9 Å². The van der Waals surface area contributed by atoms with Gasteiger partial charge in [-0.25, -0.2) is 4.39 Å². The molecule has 174 valence electrons. The van der Waals surface area contributed by atoms with Crippen molar-refractivity contribution in [2.75, 3.05) is 13.2 Å². The molecule has 2 fully saturated rings. The second kappa shape index (κ2) is 8.88. The molecule has 7 heteroatoms. The van der Waals surface area contributed by atoms with Gasteiger partial charge >= 0.3 is 0 Å². The molecule has 0 radical (unpaired) electrons. The Kier molecular flexibility index (Phi) is 5.93. The van der Waals surface area contributed by atoms with E-state index in [-0.39, 0.29) is 35.9 Å². The summed E-state index contributed by atoms with van der Waals surface area (Å²) in [5.41, 5.74) is 1.80. The SMILES string of the molecule is C/C=C\c1ccc2n(c1=O)C[C@H]1[C@H](CO)[C@@H](C(=O)NCC3CC3)[C@@H]2N1Cc1ccccc1F. The highest BCUT2D eigenvalue weighted by Gasteiger charge is 2.55. The predicted octanol–water partition coefficient (Wildman–Crippen LogP) is 2.71. The van der Waals surface area contributed by atoms with Crippen molar-refractivity contribution in [3.8, 4) is 0 Å². The van der Waals surface area contributed by atoms with E-state index in [0.29, 0.717) is 36.7 Å². The van der Waals surface area contributed by atoms with Gasteiger partial charge in [-0.1, -0.05) is 30.4 Å². The Morgan fingerprint density at radius 1 is 1.24 bits per heavy atom. The third kappa shape index (κ3) is 3.93. The molecule has 4 atom stereocenters. The van der Waals surface area contributed by atoms with E-state index < -0.39 is 12.0 Å². The highest BCUT2D eigenvalue weighted by molar-refractivity contribution is 5.80. The van der Waals surface area contributed by atoms with Crippen LogP contribution in [-0.4, -0.2) is 39.7 Å². The molecule has 0 unspecified atom stereocenters. The minimum atomic E-state index is -0.508. The number of carbonyl (C=O) groups excluding carboxylic acids is 1. The lowest BCUT2D eigenvalue weighted by molar-refractivity contribution is -0.127. The normalized spacial score (nSPS) is 26.5. The van der Waals surface area contributed by atoms with Crippen molar-refractivity contribution in [2.45, 2.75) is 44.9 Å². The highest BCUT2D eigenvalue weighted by atomic mass is 19.1. The Bertz CT molecular complexity index is 1140. The molecule has 1 saturated carbocycles. The standard InChI is InChI=1S/C26H30FN3O3/c1-2-5-17-10-11-21-24-23(25(32)28-12-16-8-9-16)19(15-31)22(14-30(21)26(17)33)29(24)13-18-6-3-4-7-20(18)27/h2-7,10-11,16,19,22-24,31H,8-9,12-15H2,1H3,(H,28,32)/b5-2-/t19-,22-,23+,24+/m0/s1. The first-order chi connectivity index (χ1) is 16.0. The van der Waals surface area contributed by atoms with Gasteiger partial charge in [0.15, 0.2) is 0 Å². The maximum atomic E-state index is 14.6. The van der Waals surface area contributed by atoms with Crippen molar-refractivity contribution in [3.63, 3.8) is 0 Å². The summed E-state index contributed by atoms with van der Waals surface area (Å²) in [4.78, 5) is 28.7. The van der Waals surface area contributed by atoms with Crippen molar-refractivity contribution < 1.29 is 14.3 Å². The highest BCUT2D eigenvalue weighted by Crippen LogP contribution is 2.49. The molecule has 1 aliphatic carbocycles. The smallest absolute Gasteiger partial charge is 0.258 e. The zero-order valence-corrected chi connectivity index (χ0v) is 18.8. The maximum Gasteiger partial charge on any atom is 0.258 e. The lowest BCUT2D eigenvalue weighted by Crippen LogP contribution is -2.46. The number of rotatable bonds is 7. The Balaban J connectivity index is 1.57. The molecule has 1 aromatic carbocycles. The number of pyridine rings is 1. The fraction of sp³-hybridized carbons (Fsp3) is 0.462. The number of nitrogens with one attached hydrogen (secondary N) is 1. The molecule has 2 bridgehead atoms. The Morgan fingerprint density at radius 3 is 2.73 bits per heavy atom. The average molecular weight is 452 g/mol. The third-order valence-corrected chi connectivity index (χ3v) is 7.42. The number of hydrogen-bond acceptors (Lipinski definition) is 4. The fourth-order valence-corrected chi connectivity index (χ4v) is 5.57. The van der Waals surface area contributed by atoms with Crippen LogP contribution in [0.1, 0.15) is 42.6 Å². The first-order valence-corrected chi connectivity index (χ1v) is 11.8. The van der Waals surface area contributed by atoms with Crippen molar-refractivity contribution in [2.24, 2.45) is 17.8 Å². The Morgan fingerprint density at radius 2 is 2.03 bits per heavy atom. The van der Waals surface area contributed by atoms with Crippen molar-refractivity contribution in [1.82, 2.24) is 14.8 Å². The number of amides is 1. The van der Waals surface area contributed by atoms with Gasteiger partial charge in [-0.05, 0) is 43.9 Å². The van der Waals surface area contributed by atoms with Gasteiger partial charge in [0.2, 0.25) is 5.91 Å². The van der Waals surface area contributed by atoms with Gasteiger partial charge in [0, 0.05) is 55.0 Å². The van der Waals surface area contributed by atoms with Gasteiger partial charge in [0.25, 0.3) is 5.56 Å². The monoisotopic (exact) mass is 451 g/mol. The summed E-state index contributed by atoms with van der Waals surface area (Å²) in [6.45, 7) is 3.02. The number of nitrogens with zero attached hydrogens (tertiary/aromatic N) is 2. The lowest BCUT2D eigenvalue weighted by atomic mass is 9.86. The van der Waals surface area contributed by atoms with Gasteiger partial charge in [-0.15, -0.1) is 0 Å². The topological polar surface area (TPSA) is 74.6 Å². The minimum Gasteiger partial charge on any atom is -0.396 e. The van der Waals surface area contributed by atoms with Gasteiger partial charge in [0.1, 0.15) is 5.82 Å². The first kappa shape index (κ1) is 22.0. The van der Waals surface area contributed by atoms with E-state index >= 15 is 0 Å². The van der Waals surface area contributed by atoms with Crippen LogP contribution >= 0.6 is 0 Å². The molecule has 2 aromatic rings. The van der Waals surface area contributed by atoms with E-state index in [9.17, 15) is 19.1 Å². The molecule has 1 saturated heterocycles. The molecule has 0 spiro atoms. The van der Waals surface area contributed by atoms with Crippen LogP contribution in [-0.2, 0) is 17.9 Å². The second-order valence-corrected chi connectivity index (χ2v) is 9.47. The Hall–Kier alpha value is -2.77. The van der Waals surface area contributed by atoms with Crippen LogP contribution in [0.4, 0.5) is 4.39 Å². The average Bonchev–Trinajstić information content (AvgIpc) is 3.61. The molecule has 2 N–H and O–H groups in total. The van der Waals surface area contributed by atoms with Crippen LogP contribution in [0, 0.1) is 23.6 Å². The van der Waals surface area contributed by atoms with Crippen LogP contribution in [0.15, 0.2) is 47.3 Å². The van der Waals surface area contributed by atoms with E-state index in [1.54, 1.807) is 34.9 Å². The van der Waals surface area contributed by atoms with Crippen molar-refractivity contribution in [3.05, 3.63) is 75.5 Å². The molecule has 1 aromatic heterocycles. The molecule has 1 amide bonds. The van der Waals surface area contributed by atoms with E-state index in [2.05, 4.69) is 10.2 Å². The zero-order chi connectivity index (χ0) is 23.1. The number of benzene rings is 1. The summed E-state index contributed by atoms with van der Waals surface area (Å²) < 4.78 is 16.3. The zero-order valence-electron chi connectivity index (χ0n) is 18.8. The maximum absolute atomic E-state index is 14.6. The summed E-state index contributed by atoms with van der Waals surface area (Å²) in [5.74, 6) is -0.698. The van der Waals surface area contributed by atoms with Crippen LogP contribution in [0.25, 0.3) is 6.08 Å². The summed E-state index contributed by atoms with van der Waals surface area (Å²) in [5, 5.41) is 13.5. The van der Waals surface area contributed by atoms with Crippen molar-refractivity contribution >= 4 is 12.0 Å². The largest absolute Gasteiger partial charge is 0.396 e. The van der Waals surface area contributed by atoms with E-state index in [4.69, 9.17) is 0 Å². The molecular weight excluding hydrogens is 421 g/mol. The number of fused-ring (bicyclic) bond motifs is 4. The van der Waals surface area contributed by atoms with Crippen LogP contribution in [0.3, 0.4) is 0 Å². The summed E-state index contributed by atoms with van der Waals surface area (Å²) in [6, 6.07) is 9.69. The molecule has 3 aliphatic rings. The number of halogens is 1. The fourth-order valence-electron chi connectivity index (χ4n) is 5.57. The summed E-state index contributed by atoms with van der Waals surface area (Å²) >= 11 is 0. The quantitative estimate of drug-likeness (QED) is 0.679. The molecule has 6 nitrogen and oxygen atoms in total. The molecule has 33 heavy (non-hydrogen) atoms. The van der Waals surface area contributed by atoms with E-state index in [0.717, 1.165) is 18.5 Å². The van der Waals surface area contributed by atoms with Gasteiger partial charge < -0.3 is 15.0 Å². The number of hydrogen-bond donors (Lipinski definition) is 2. The number of aliphatic hydroxyl groups excluding tert-OH is 1. The number of allylic oxidation sites excluding steroid dienone is 1. The van der Waals surface area contributed by atoms with Gasteiger partial charge in [0.05, 0.1) is 12.0 Å². The molecule has 3 heterocycles. The third-order valence-electron chi connectivity index (χ3n) is 7.42. The first-order valence-electron chi connectivity index (χ1n) is 11.8. The minimum absolute atomic E-state index is 0.0922. The van der Waals surface area contributed by atoms with E-state index in [1.807, 2.05) is 19.1 Å². The number of aromatic nitrogens is 1. The van der Waals surface area contributed by atoms with Crippen LogP contribution in [0.5, 0.6) is 0 Å². The molecule has 5 rings (SSSR count). The van der Waals surface area contributed by atoms with Gasteiger partial charge in [-0.3, -0.25) is 14.5 Å². The molecule has 2 aliphatic heterocycles. The lowest BCUT2D eigenvalue weighted by Gasteiger charge is -2.38. The van der Waals surface area contributed by atoms with Crippen LogP contribution in [0.2, 0.25) is 0 Å². The number of carbonyl (C=O) groups is 1. The summed E-state index contributed by atoms with van der Waals surface area (Å²) in [6.07, 6.45) is 5.88. The Labute approximate surface area is 192 Å². The summed E-state index contributed by atoms with van der Waals surface area (Å²) in [7, 11) is 0.